The normalized spacial score (nSPS) is 57.4. The van der Waals surface area contributed by atoms with E-state index in [9.17, 15) is 13.2 Å². The molecule has 0 saturated heterocycles. The average molecular weight is 137 g/mol. The van der Waals surface area contributed by atoms with E-state index in [1.54, 1.807) is 0 Å². The largest absolute Gasteiger partial charge is 0.394 e. The van der Waals surface area contributed by atoms with Gasteiger partial charge in [0.15, 0.2) is 0 Å². The molecule has 9 heavy (non-hydrogen) atoms. The lowest BCUT2D eigenvalue weighted by Crippen LogP contribution is -2.60. The highest BCUT2D eigenvalue weighted by molar-refractivity contribution is 5.10. The van der Waals surface area contributed by atoms with Gasteiger partial charge in [0.2, 0.25) is 0 Å². The molecular formula is C6H7F3. The van der Waals surface area contributed by atoms with Gasteiger partial charge < -0.3 is 0 Å². The van der Waals surface area contributed by atoms with E-state index >= 15 is 0 Å². The lowest BCUT2D eigenvalue weighted by molar-refractivity contribution is -0.324. The van der Waals surface area contributed by atoms with E-state index in [0.29, 0.717) is 0 Å². The first-order valence-corrected chi connectivity index (χ1v) is 2.94. The third-order valence-electron chi connectivity index (χ3n) is 2.37. The molecule has 3 aliphatic rings. The van der Waals surface area contributed by atoms with Crippen LogP contribution in [0.4, 0.5) is 13.2 Å². The Morgan fingerprint density at radius 2 is 1.78 bits per heavy atom. The van der Waals surface area contributed by atoms with Crippen molar-refractivity contribution in [3.8, 4) is 0 Å². The number of hydrogen-bond acceptors (Lipinski definition) is 0. The van der Waals surface area contributed by atoms with Crippen LogP contribution < -0.4 is 0 Å². The van der Waals surface area contributed by atoms with E-state index in [0.717, 1.165) is 0 Å². The molecule has 0 spiro atoms. The SMILES string of the molecule is [2H]C12CC(C(F)(F)F)(C1)C2. The van der Waals surface area contributed by atoms with Gasteiger partial charge in [0.25, 0.3) is 0 Å². The highest BCUT2D eigenvalue weighted by Gasteiger charge is 2.70. The van der Waals surface area contributed by atoms with Crippen LogP contribution in [0.1, 0.15) is 20.6 Å². The second-order valence-electron chi connectivity index (χ2n) is 3.06. The van der Waals surface area contributed by atoms with Crippen LogP contribution in [0.15, 0.2) is 0 Å². The summed E-state index contributed by atoms with van der Waals surface area (Å²) in [5.74, 6) is -0.685. The van der Waals surface area contributed by atoms with Gasteiger partial charge in [0, 0.05) is 1.37 Å². The Kier molecular flexibility index (Phi) is 0.578. The second-order valence-corrected chi connectivity index (χ2v) is 3.06. The number of hydrogen-bond donors (Lipinski definition) is 0. The fraction of sp³-hybridized carbons (Fsp3) is 1.00. The Hall–Kier alpha value is -0.210. The van der Waals surface area contributed by atoms with Crippen molar-refractivity contribution in [3.63, 3.8) is 0 Å². The van der Waals surface area contributed by atoms with Gasteiger partial charge in [-0.1, -0.05) is 0 Å². The topological polar surface area (TPSA) is 0 Å². The van der Waals surface area contributed by atoms with Gasteiger partial charge >= 0.3 is 6.18 Å². The zero-order valence-corrected chi connectivity index (χ0v) is 4.76. The molecular weight excluding hydrogens is 129 g/mol. The third kappa shape index (κ3) is 0.461. The Bertz CT molecular complexity index is 164. The smallest absolute Gasteiger partial charge is 0.171 e. The summed E-state index contributed by atoms with van der Waals surface area (Å²) in [6.07, 6.45) is -3.91. The number of rotatable bonds is 0. The summed E-state index contributed by atoms with van der Waals surface area (Å²) >= 11 is 0. The molecule has 0 heterocycles. The van der Waals surface area contributed by atoms with Crippen LogP contribution in [0.25, 0.3) is 0 Å². The molecule has 0 radical (unpaired) electrons. The molecule has 3 fully saturated rings. The summed E-state index contributed by atoms with van der Waals surface area (Å²) in [5, 5.41) is 0. The lowest BCUT2D eigenvalue weighted by Gasteiger charge is -2.61. The first kappa shape index (κ1) is 4.58. The Morgan fingerprint density at radius 1 is 1.33 bits per heavy atom. The van der Waals surface area contributed by atoms with Gasteiger partial charge in [-0.3, -0.25) is 0 Å². The Morgan fingerprint density at radius 3 is 1.89 bits per heavy atom. The van der Waals surface area contributed by atoms with Crippen molar-refractivity contribution >= 4 is 0 Å². The standard InChI is InChI=1S/C6H7F3/c7-6(8,9)5-1-4(2-5)3-5/h4H,1-3H2/i4D. The summed E-state index contributed by atoms with van der Waals surface area (Å²) in [5.41, 5.74) is -1.42. The predicted octanol–water partition coefficient (Wildman–Crippen LogP) is 2.35. The van der Waals surface area contributed by atoms with Gasteiger partial charge in [-0.15, -0.1) is 0 Å². The van der Waals surface area contributed by atoms with E-state index < -0.39 is 17.5 Å². The molecule has 0 aromatic rings. The molecule has 3 rings (SSSR count). The van der Waals surface area contributed by atoms with E-state index in [4.69, 9.17) is 1.37 Å². The first-order chi connectivity index (χ1) is 4.37. The van der Waals surface area contributed by atoms with E-state index in [1.165, 1.54) is 0 Å². The second kappa shape index (κ2) is 1.13. The fourth-order valence-electron chi connectivity index (χ4n) is 1.58. The van der Waals surface area contributed by atoms with E-state index in [1.807, 2.05) is 0 Å². The zero-order valence-electron chi connectivity index (χ0n) is 5.76. The maximum atomic E-state index is 12.0. The summed E-state index contributed by atoms with van der Waals surface area (Å²) in [7, 11) is 0. The number of halogens is 3. The molecule has 0 aromatic carbocycles. The monoisotopic (exact) mass is 137 g/mol. The van der Waals surface area contributed by atoms with Crippen molar-refractivity contribution in [1.82, 2.24) is 0 Å². The molecule has 0 aliphatic heterocycles. The van der Waals surface area contributed by atoms with Crippen LogP contribution in [0, 0.1) is 11.3 Å². The van der Waals surface area contributed by atoms with Crippen LogP contribution in [0.3, 0.4) is 0 Å². The summed E-state index contributed by atoms with van der Waals surface area (Å²) < 4.78 is 43.3. The molecule has 0 nitrogen and oxygen atoms in total. The maximum absolute atomic E-state index is 12.0. The van der Waals surface area contributed by atoms with Crippen molar-refractivity contribution < 1.29 is 14.5 Å². The molecule has 52 valence electrons. The van der Waals surface area contributed by atoms with E-state index in [-0.39, 0.29) is 19.3 Å². The zero-order chi connectivity index (χ0) is 7.62. The fourth-order valence-corrected chi connectivity index (χ4v) is 1.58. The summed E-state index contributed by atoms with van der Waals surface area (Å²) in [6, 6.07) is 0. The molecule has 0 N–H and O–H groups in total. The van der Waals surface area contributed by atoms with Gasteiger partial charge in [-0.25, -0.2) is 0 Å². The van der Waals surface area contributed by atoms with Crippen LogP contribution in [-0.4, -0.2) is 6.18 Å². The molecule has 0 aromatic heterocycles. The van der Waals surface area contributed by atoms with Crippen molar-refractivity contribution in [2.45, 2.75) is 25.4 Å². The molecule has 3 heteroatoms. The molecule has 0 amide bonds. The quantitative estimate of drug-likeness (QED) is 0.480. The van der Waals surface area contributed by atoms with Gasteiger partial charge in [-0.2, -0.15) is 13.2 Å². The maximum Gasteiger partial charge on any atom is 0.394 e. The molecule has 0 atom stereocenters. The third-order valence-corrected chi connectivity index (χ3v) is 2.37. The van der Waals surface area contributed by atoms with Crippen LogP contribution in [-0.2, 0) is 0 Å². The highest BCUT2D eigenvalue weighted by atomic mass is 19.4. The van der Waals surface area contributed by atoms with Gasteiger partial charge in [0.05, 0.1) is 5.41 Å². The van der Waals surface area contributed by atoms with Crippen LogP contribution >= 0.6 is 0 Å². The minimum atomic E-state index is -4.05. The minimum Gasteiger partial charge on any atom is -0.171 e. The van der Waals surface area contributed by atoms with Crippen molar-refractivity contribution in [2.75, 3.05) is 0 Å². The molecule has 3 aliphatic carbocycles. The summed E-state index contributed by atoms with van der Waals surface area (Å²) in [6.45, 7) is 0. The van der Waals surface area contributed by atoms with Gasteiger partial charge in [0.1, 0.15) is 0 Å². The molecule has 0 unspecified atom stereocenters. The average Bonchev–Trinajstić information content (AvgIpc) is 1.51. The van der Waals surface area contributed by atoms with E-state index in [2.05, 4.69) is 0 Å². The van der Waals surface area contributed by atoms with Crippen molar-refractivity contribution in [1.29, 1.82) is 0 Å². The van der Waals surface area contributed by atoms with Crippen molar-refractivity contribution in [2.24, 2.45) is 11.3 Å². The summed E-state index contributed by atoms with van der Waals surface area (Å²) in [4.78, 5) is 0. The Labute approximate surface area is 52.5 Å². The molecule has 3 saturated carbocycles. The predicted molar refractivity (Wildman–Crippen MR) is 25.8 cm³/mol. The minimum absolute atomic E-state index is 0.0451. The van der Waals surface area contributed by atoms with Crippen LogP contribution in [0.5, 0.6) is 0 Å². The molecule has 2 bridgehead atoms. The van der Waals surface area contributed by atoms with Gasteiger partial charge in [-0.05, 0) is 25.2 Å². The highest BCUT2D eigenvalue weighted by Crippen LogP contribution is 2.71. The number of alkyl halides is 3. The lowest BCUT2D eigenvalue weighted by atomic mass is 9.44. The van der Waals surface area contributed by atoms with Crippen molar-refractivity contribution in [3.05, 3.63) is 0 Å². The first-order valence-electron chi connectivity index (χ1n) is 3.44. The Balaban J connectivity index is 2.11. The van der Waals surface area contributed by atoms with Crippen LogP contribution in [0.2, 0.25) is 0 Å².